The molecule has 1 rings (SSSR count). The maximum Gasteiger partial charge on any atom is 0.242 e. The lowest BCUT2D eigenvalue weighted by Gasteiger charge is -2.29. The summed E-state index contributed by atoms with van der Waals surface area (Å²) >= 11 is 11.9. The summed E-state index contributed by atoms with van der Waals surface area (Å²) in [7, 11) is 0. The minimum Gasteiger partial charge on any atom is -0.352 e. The first-order valence-electron chi connectivity index (χ1n) is 7.30. The van der Waals surface area contributed by atoms with E-state index in [4.69, 9.17) is 23.2 Å². The number of hydrogen-bond acceptors (Lipinski definition) is 2. The summed E-state index contributed by atoms with van der Waals surface area (Å²) in [6.07, 6.45) is 0.334. The molecule has 1 aromatic rings. The molecule has 0 aliphatic rings. The zero-order chi connectivity index (χ0) is 16.9. The molecule has 122 valence electrons. The van der Waals surface area contributed by atoms with Crippen molar-refractivity contribution in [1.29, 1.82) is 0 Å². The van der Waals surface area contributed by atoms with Crippen LogP contribution in [-0.4, -0.2) is 28.8 Å². The Hall–Kier alpha value is -1.26. The Morgan fingerprint density at radius 2 is 1.82 bits per heavy atom. The summed E-state index contributed by atoms with van der Waals surface area (Å²) in [5, 5.41) is 3.72. The predicted octanol–water partition coefficient (Wildman–Crippen LogP) is 3.65. The third-order valence-electron chi connectivity index (χ3n) is 3.24. The molecule has 0 saturated heterocycles. The topological polar surface area (TPSA) is 49.4 Å². The number of halogens is 2. The third kappa shape index (κ3) is 5.18. The zero-order valence-electron chi connectivity index (χ0n) is 13.3. The van der Waals surface area contributed by atoms with E-state index >= 15 is 0 Å². The summed E-state index contributed by atoms with van der Waals surface area (Å²) < 4.78 is 0. The highest BCUT2D eigenvalue weighted by atomic mass is 35.5. The van der Waals surface area contributed by atoms with Gasteiger partial charge in [0.05, 0.1) is 10.0 Å². The highest BCUT2D eigenvalue weighted by Crippen LogP contribution is 2.23. The fraction of sp³-hybridized carbons (Fsp3) is 0.500. The van der Waals surface area contributed by atoms with Crippen molar-refractivity contribution in [1.82, 2.24) is 10.2 Å². The van der Waals surface area contributed by atoms with Gasteiger partial charge >= 0.3 is 0 Å². The predicted molar refractivity (Wildman–Crippen MR) is 90.0 cm³/mol. The minimum absolute atomic E-state index is 0.0264. The fourth-order valence-corrected chi connectivity index (χ4v) is 2.35. The van der Waals surface area contributed by atoms with Crippen molar-refractivity contribution in [3.05, 3.63) is 33.8 Å². The van der Waals surface area contributed by atoms with Crippen LogP contribution in [-0.2, 0) is 16.1 Å². The number of carbonyl (C=O) groups is 2. The van der Waals surface area contributed by atoms with Crippen LogP contribution in [0.15, 0.2) is 18.2 Å². The quantitative estimate of drug-likeness (QED) is 0.856. The second kappa shape index (κ2) is 8.39. The lowest BCUT2D eigenvalue weighted by molar-refractivity contribution is -0.140. The number of amides is 2. The Kier molecular flexibility index (Phi) is 7.17. The molecule has 1 N–H and O–H groups in total. The maximum absolute atomic E-state index is 12.2. The molecule has 0 aliphatic carbocycles. The highest BCUT2D eigenvalue weighted by molar-refractivity contribution is 6.42. The van der Waals surface area contributed by atoms with E-state index < -0.39 is 6.04 Å². The molecule has 0 aliphatic heterocycles. The maximum atomic E-state index is 12.2. The molecular weight excluding hydrogens is 323 g/mol. The number of nitrogens with one attached hydrogen (secondary N) is 1. The molecule has 4 nitrogen and oxygen atoms in total. The first-order chi connectivity index (χ1) is 10.3. The molecule has 6 heteroatoms. The van der Waals surface area contributed by atoms with Gasteiger partial charge in [-0.25, -0.2) is 0 Å². The first kappa shape index (κ1) is 18.8. The molecule has 2 amide bonds. The smallest absolute Gasteiger partial charge is 0.242 e. The molecule has 0 saturated carbocycles. The SMILES string of the molecule is CCC(=O)N(Cc1ccc(Cl)c(Cl)c1)C(C)C(=O)NC(C)C. The number of carbonyl (C=O) groups excluding carboxylic acids is 2. The van der Waals surface area contributed by atoms with Crippen LogP contribution in [0, 0.1) is 0 Å². The molecule has 0 heterocycles. The number of hydrogen-bond donors (Lipinski definition) is 1. The van der Waals surface area contributed by atoms with Crippen molar-refractivity contribution in [2.24, 2.45) is 0 Å². The minimum atomic E-state index is -0.552. The van der Waals surface area contributed by atoms with Crippen molar-refractivity contribution >= 4 is 35.0 Å². The average molecular weight is 345 g/mol. The van der Waals surface area contributed by atoms with Gasteiger partial charge in [-0.3, -0.25) is 9.59 Å². The summed E-state index contributed by atoms with van der Waals surface area (Å²) in [5.74, 6) is -0.255. The van der Waals surface area contributed by atoms with Crippen LogP contribution in [0.5, 0.6) is 0 Å². The van der Waals surface area contributed by atoms with Crippen molar-refractivity contribution < 1.29 is 9.59 Å². The summed E-state index contributed by atoms with van der Waals surface area (Å²) in [5.41, 5.74) is 0.834. The first-order valence-corrected chi connectivity index (χ1v) is 8.05. The van der Waals surface area contributed by atoms with E-state index in [1.165, 1.54) is 0 Å². The molecule has 0 spiro atoms. The summed E-state index contributed by atoms with van der Waals surface area (Å²) in [4.78, 5) is 25.9. The van der Waals surface area contributed by atoms with Crippen LogP contribution in [0.3, 0.4) is 0 Å². The highest BCUT2D eigenvalue weighted by Gasteiger charge is 2.25. The van der Waals surface area contributed by atoms with Gasteiger partial charge in [0.15, 0.2) is 0 Å². The fourth-order valence-electron chi connectivity index (χ4n) is 2.03. The molecule has 0 bridgehead atoms. The molecule has 22 heavy (non-hydrogen) atoms. The Bertz CT molecular complexity index is 547. The van der Waals surface area contributed by atoms with Crippen molar-refractivity contribution in [2.45, 2.75) is 52.7 Å². The molecule has 1 aromatic carbocycles. The second-order valence-electron chi connectivity index (χ2n) is 5.46. The van der Waals surface area contributed by atoms with Gasteiger partial charge in [0, 0.05) is 19.0 Å². The van der Waals surface area contributed by atoms with Gasteiger partial charge in [-0.15, -0.1) is 0 Å². The molecule has 1 atom stereocenters. The molecule has 0 fully saturated rings. The van der Waals surface area contributed by atoms with E-state index in [1.54, 1.807) is 36.9 Å². The van der Waals surface area contributed by atoms with Crippen LogP contribution in [0.25, 0.3) is 0 Å². The Balaban J connectivity index is 2.95. The van der Waals surface area contributed by atoms with Crippen molar-refractivity contribution in [3.8, 4) is 0 Å². The normalized spacial score (nSPS) is 12.1. The monoisotopic (exact) mass is 344 g/mol. The Morgan fingerprint density at radius 1 is 1.18 bits per heavy atom. The lowest BCUT2D eigenvalue weighted by Crippen LogP contribution is -2.48. The van der Waals surface area contributed by atoms with E-state index in [0.29, 0.717) is 23.0 Å². The van der Waals surface area contributed by atoms with Crippen LogP contribution in [0.1, 0.15) is 39.7 Å². The molecular formula is C16H22Cl2N2O2. The second-order valence-corrected chi connectivity index (χ2v) is 6.28. The van der Waals surface area contributed by atoms with E-state index in [9.17, 15) is 9.59 Å². The van der Waals surface area contributed by atoms with Crippen molar-refractivity contribution in [2.75, 3.05) is 0 Å². The van der Waals surface area contributed by atoms with Crippen LogP contribution in [0.4, 0.5) is 0 Å². The van der Waals surface area contributed by atoms with E-state index in [1.807, 2.05) is 13.8 Å². The number of rotatable bonds is 6. The van der Waals surface area contributed by atoms with Gasteiger partial charge in [-0.1, -0.05) is 36.2 Å². The largest absolute Gasteiger partial charge is 0.352 e. The standard InChI is InChI=1S/C16H22Cl2N2O2/c1-5-15(21)20(11(4)16(22)19-10(2)3)9-12-6-7-13(17)14(18)8-12/h6-8,10-11H,5,9H2,1-4H3,(H,19,22). The Morgan fingerprint density at radius 3 is 2.32 bits per heavy atom. The number of nitrogens with zero attached hydrogens (tertiary/aromatic N) is 1. The van der Waals surface area contributed by atoms with Crippen LogP contribution in [0.2, 0.25) is 10.0 Å². The van der Waals surface area contributed by atoms with Gasteiger partial charge in [0.1, 0.15) is 6.04 Å². The zero-order valence-corrected chi connectivity index (χ0v) is 14.8. The third-order valence-corrected chi connectivity index (χ3v) is 3.98. The summed E-state index contributed by atoms with van der Waals surface area (Å²) in [6.45, 7) is 7.58. The lowest BCUT2D eigenvalue weighted by atomic mass is 10.1. The van der Waals surface area contributed by atoms with E-state index in [-0.39, 0.29) is 17.9 Å². The van der Waals surface area contributed by atoms with Gasteiger partial charge in [-0.05, 0) is 38.5 Å². The molecule has 1 unspecified atom stereocenters. The molecule has 0 aromatic heterocycles. The van der Waals surface area contributed by atoms with Crippen LogP contribution < -0.4 is 5.32 Å². The van der Waals surface area contributed by atoms with Gasteiger partial charge in [-0.2, -0.15) is 0 Å². The van der Waals surface area contributed by atoms with Crippen molar-refractivity contribution in [3.63, 3.8) is 0 Å². The van der Waals surface area contributed by atoms with Gasteiger partial charge in [0.25, 0.3) is 0 Å². The van der Waals surface area contributed by atoms with Crippen LogP contribution >= 0.6 is 23.2 Å². The molecule has 0 radical (unpaired) electrons. The number of benzene rings is 1. The summed E-state index contributed by atoms with van der Waals surface area (Å²) in [6, 6.07) is 4.68. The average Bonchev–Trinajstić information content (AvgIpc) is 2.46. The van der Waals surface area contributed by atoms with Gasteiger partial charge in [0.2, 0.25) is 11.8 Å². The Labute approximate surface area is 141 Å². The van der Waals surface area contributed by atoms with E-state index in [2.05, 4.69) is 5.32 Å². The van der Waals surface area contributed by atoms with Gasteiger partial charge < -0.3 is 10.2 Å². The van der Waals surface area contributed by atoms with E-state index in [0.717, 1.165) is 5.56 Å².